The lowest BCUT2D eigenvalue weighted by Crippen LogP contribution is -2.34. The molecule has 1 aromatic rings. The van der Waals surface area contributed by atoms with Crippen LogP contribution in [0.3, 0.4) is 0 Å². The Bertz CT molecular complexity index is 557. The van der Waals surface area contributed by atoms with E-state index in [1.807, 2.05) is 0 Å². The zero-order chi connectivity index (χ0) is 15.2. The summed E-state index contributed by atoms with van der Waals surface area (Å²) in [6, 6.07) is 4.37. The van der Waals surface area contributed by atoms with Crippen LogP contribution in [0.25, 0.3) is 0 Å². The average molecular weight is 300 g/mol. The summed E-state index contributed by atoms with van der Waals surface area (Å²) in [6.45, 7) is 4.33. The Morgan fingerprint density at radius 1 is 1.40 bits per heavy atom. The van der Waals surface area contributed by atoms with E-state index >= 15 is 0 Å². The maximum absolute atomic E-state index is 12.5. The number of ether oxygens (including phenoxy) is 2. The van der Waals surface area contributed by atoms with Gasteiger partial charge >= 0.3 is 0 Å². The summed E-state index contributed by atoms with van der Waals surface area (Å²) in [5.41, 5.74) is 6.08. The summed E-state index contributed by atoms with van der Waals surface area (Å²) in [4.78, 5) is 0.126. The zero-order valence-electron chi connectivity index (χ0n) is 11.7. The Balaban J connectivity index is 3.14. The van der Waals surface area contributed by atoms with E-state index in [9.17, 15) is 8.42 Å². The van der Waals surface area contributed by atoms with Crippen molar-refractivity contribution in [1.82, 2.24) is 4.31 Å². The fraction of sp³-hybridized carbons (Fsp3) is 0.385. The largest absolute Gasteiger partial charge is 0.495 e. The highest BCUT2D eigenvalue weighted by Crippen LogP contribution is 2.26. The Morgan fingerprint density at radius 2 is 2.10 bits per heavy atom. The first-order chi connectivity index (χ1) is 9.47. The number of nitrogen functional groups attached to an aromatic ring is 1. The molecule has 6 nitrogen and oxygen atoms in total. The second-order valence-electron chi connectivity index (χ2n) is 4.05. The van der Waals surface area contributed by atoms with Crippen LogP contribution in [0.4, 0.5) is 5.69 Å². The summed E-state index contributed by atoms with van der Waals surface area (Å²) >= 11 is 0. The number of methoxy groups -OCH3 is 2. The molecule has 2 N–H and O–H groups in total. The average Bonchev–Trinajstić information content (AvgIpc) is 2.43. The van der Waals surface area contributed by atoms with Crippen LogP contribution in [0.5, 0.6) is 5.75 Å². The van der Waals surface area contributed by atoms with Crippen molar-refractivity contribution >= 4 is 15.7 Å². The summed E-state index contributed by atoms with van der Waals surface area (Å²) in [5.74, 6) is 0.330. The number of nitrogens with two attached hydrogens (primary N) is 1. The number of sulfonamides is 1. The predicted molar refractivity (Wildman–Crippen MR) is 78.2 cm³/mol. The molecule has 20 heavy (non-hydrogen) atoms. The molecule has 0 bridgehead atoms. The smallest absolute Gasteiger partial charge is 0.243 e. The summed E-state index contributed by atoms with van der Waals surface area (Å²) < 4.78 is 36.3. The van der Waals surface area contributed by atoms with Gasteiger partial charge in [-0.2, -0.15) is 4.31 Å². The number of benzene rings is 1. The van der Waals surface area contributed by atoms with Crippen LogP contribution >= 0.6 is 0 Å². The molecule has 7 heteroatoms. The topological polar surface area (TPSA) is 81.9 Å². The number of nitrogens with zero attached hydrogens (tertiary/aromatic N) is 1. The Labute approximate surface area is 119 Å². The van der Waals surface area contributed by atoms with Crippen LogP contribution in [0.2, 0.25) is 0 Å². The van der Waals surface area contributed by atoms with Crippen LogP contribution in [-0.4, -0.2) is 46.6 Å². The quantitative estimate of drug-likeness (QED) is 0.574. The minimum absolute atomic E-state index is 0.126. The SMILES string of the molecule is C=CCN(CCOC)S(=O)(=O)c1ccc(N)c(OC)c1. The summed E-state index contributed by atoms with van der Waals surface area (Å²) in [7, 11) is -0.680. The van der Waals surface area contributed by atoms with Gasteiger partial charge in [0.05, 0.1) is 24.3 Å². The molecule has 1 aromatic carbocycles. The molecule has 0 fully saturated rings. The van der Waals surface area contributed by atoms with E-state index in [2.05, 4.69) is 6.58 Å². The highest BCUT2D eigenvalue weighted by atomic mass is 32.2. The van der Waals surface area contributed by atoms with Crippen LogP contribution in [0, 0.1) is 0 Å². The molecule has 0 atom stereocenters. The molecule has 0 saturated carbocycles. The molecule has 1 rings (SSSR count). The van der Waals surface area contributed by atoms with Crippen molar-refractivity contribution in [2.75, 3.05) is 39.6 Å². The van der Waals surface area contributed by atoms with E-state index in [1.54, 1.807) is 0 Å². The third-order valence-electron chi connectivity index (χ3n) is 2.72. The zero-order valence-corrected chi connectivity index (χ0v) is 12.5. The number of anilines is 1. The molecule has 0 amide bonds. The van der Waals surface area contributed by atoms with Gasteiger partial charge in [0.15, 0.2) is 0 Å². The van der Waals surface area contributed by atoms with Crippen molar-refractivity contribution in [1.29, 1.82) is 0 Å². The van der Waals surface area contributed by atoms with Gasteiger partial charge in [0.1, 0.15) is 5.75 Å². The third-order valence-corrected chi connectivity index (χ3v) is 4.58. The first-order valence-electron chi connectivity index (χ1n) is 6.00. The van der Waals surface area contributed by atoms with E-state index in [-0.39, 0.29) is 18.0 Å². The predicted octanol–water partition coefficient (Wildman–Crippen LogP) is 1.10. The van der Waals surface area contributed by atoms with Crippen LogP contribution < -0.4 is 10.5 Å². The van der Waals surface area contributed by atoms with Crippen LogP contribution in [0.15, 0.2) is 35.7 Å². The molecular weight excluding hydrogens is 280 g/mol. The lowest BCUT2D eigenvalue weighted by molar-refractivity contribution is 0.182. The van der Waals surface area contributed by atoms with Crippen molar-refractivity contribution in [2.24, 2.45) is 0 Å². The summed E-state index contributed by atoms with van der Waals surface area (Å²) in [6.07, 6.45) is 1.53. The number of hydrogen-bond donors (Lipinski definition) is 1. The maximum Gasteiger partial charge on any atom is 0.243 e. The molecule has 0 spiro atoms. The third kappa shape index (κ3) is 3.72. The van der Waals surface area contributed by atoms with Gasteiger partial charge in [0.2, 0.25) is 10.0 Å². The lowest BCUT2D eigenvalue weighted by Gasteiger charge is -2.20. The Kier molecular flexibility index (Phi) is 6.00. The fourth-order valence-corrected chi connectivity index (χ4v) is 3.06. The van der Waals surface area contributed by atoms with Gasteiger partial charge in [-0.1, -0.05) is 6.08 Å². The second-order valence-corrected chi connectivity index (χ2v) is 5.99. The van der Waals surface area contributed by atoms with E-state index < -0.39 is 10.0 Å². The first-order valence-corrected chi connectivity index (χ1v) is 7.45. The Hall–Kier alpha value is -1.57. The minimum Gasteiger partial charge on any atom is -0.495 e. The molecule has 0 heterocycles. The number of rotatable bonds is 8. The maximum atomic E-state index is 12.5. The molecule has 0 aliphatic heterocycles. The van der Waals surface area contributed by atoms with Gasteiger partial charge in [-0.3, -0.25) is 0 Å². The molecule has 0 aliphatic carbocycles. The van der Waals surface area contributed by atoms with E-state index in [0.29, 0.717) is 18.0 Å². The van der Waals surface area contributed by atoms with Crippen molar-refractivity contribution in [3.05, 3.63) is 30.9 Å². The minimum atomic E-state index is -3.64. The highest BCUT2D eigenvalue weighted by molar-refractivity contribution is 7.89. The van der Waals surface area contributed by atoms with Gasteiger partial charge in [0.25, 0.3) is 0 Å². The Morgan fingerprint density at radius 3 is 2.65 bits per heavy atom. The summed E-state index contributed by atoms with van der Waals surface area (Å²) in [5, 5.41) is 0. The lowest BCUT2D eigenvalue weighted by atomic mass is 10.3. The second kappa shape index (κ2) is 7.28. The standard InChI is InChI=1S/C13H20N2O4S/c1-4-7-15(8-9-18-2)20(16,17)11-5-6-12(14)13(10-11)19-3/h4-6,10H,1,7-9,14H2,2-3H3. The molecule has 0 aliphatic rings. The van der Waals surface area contributed by atoms with Gasteiger partial charge in [0, 0.05) is 26.3 Å². The molecule has 0 unspecified atom stereocenters. The molecule has 0 saturated heterocycles. The normalized spacial score (nSPS) is 11.6. The van der Waals surface area contributed by atoms with Crippen LogP contribution in [-0.2, 0) is 14.8 Å². The van der Waals surface area contributed by atoms with Gasteiger partial charge in [-0.15, -0.1) is 6.58 Å². The number of hydrogen-bond acceptors (Lipinski definition) is 5. The molecular formula is C13H20N2O4S. The monoisotopic (exact) mass is 300 g/mol. The van der Waals surface area contributed by atoms with Crippen molar-refractivity contribution in [3.63, 3.8) is 0 Å². The first kappa shape index (κ1) is 16.5. The molecule has 112 valence electrons. The van der Waals surface area contributed by atoms with Crippen LogP contribution in [0.1, 0.15) is 0 Å². The van der Waals surface area contributed by atoms with E-state index in [1.165, 1.54) is 42.8 Å². The fourth-order valence-electron chi connectivity index (χ4n) is 1.65. The highest BCUT2D eigenvalue weighted by Gasteiger charge is 2.24. The molecule has 0 aromatic heterocycles. The van der Waals surface area contributed by atoms with E-state index in [4.69, 9.17) is 15.2 Å². The van der Waals surface area contributed by atoms with Crippen molar-refractivity contribution < 1.29 is 17.9 Å². The van der Waals surface area contributed by atoms with Crippen molar-refractivity contribution in [3.8, 4) is 5.75 Å². The van der Waals surface area contributed by atoms with E-state index in [0.717, 1.165) is 0 Å². The van der Waals surface area contributed by atoms with Gasteiger partial charge < -0.3 is 15.2 Å². The van der Waals surface area contributed by atoms with Gasteiger partial charge in [-0.05, 0) is 12.1 Å². The van der Waals surface area contributed by atoms with Crippen molar-refractivity contribution in [2.45, 2.75) is 4.90 Å². The van der Waals surface area contributed by atoms with Gasteiger partial charge in [-0.25, -0.2) is 8.42 Å². The molecule has 0 radical (unpaired) electrons.